The summed E-state index contributed by atoms with van der Waals surface area (Å²) >= 11 is 0. The van der Waals surface area contributed by atoms with E-state index in [-0.39, 0.29) is 12.5 Å². The van der Waals surface area contributed by atoms with Crippen molar-refractivity contribution in [2.75, 3.05) is 19.6 Å². The molecule has 0 atom stereocenters. The fourth-order valence-corrected chi connectivity index (χ4v) is 5.25. The number of piperidine rings is 1. The zero-order chi connectivity index (χ0) is 38.9. The summed E-state index contributed by atoms with van der Waals surface area (Å²) in [6, 6.07) is 15.7. The predicted octanol–water partition coefficient (Wildman–Crippen LogP) is 3.47. The fraction of sp³-hybridized carbons (Fsp3) is 0.344. The second-order valence-electron chi connectivity index (χ2n) is 11.3. The second kappa shape index (κ2) is 16.9. The van der Waals surface area contributed by atoms with Crippen LogP contribution in [0.1, 0.15) is 34.5 Å². The number of hydrogen-bond acceptors (Lipinski definition) is 9. The van der Waals surface area contributed by atoms with Crippen LogP contribution in [0.25, 0.3) is 10.9 Å². The Morgan fingerprint density at radius 3 is 1.92 bits per heavy atom. The minimum Gasteiger partial charge on any atom is -0.489 e. The largest absolute Gasteiger partial charge is 0.490 e. The Hall–Kier alpha value is -5.79. The average molecular weight is 744 g/mol. The van der Waals surface area contributed by atoms with Crippen molar-refractivity contribution in [3.63, 3.8) is 0 Å². The quantitative estimate of drug-likeness (QED) is 0.152. The van der Waals surface area contributed by atoms with Crippen LogP contribution >= 0.6 is 0 Å². The van der Waals surface area contributed by atoms with Gasteiger partial charge < -0.3 is 25.6 Å². The lowest BCUT2D eigenvalue weighted by atomic mass is 9.68. The molecule has 3 aromatic rings. The van der Waals surface area contributed by atoms with Crippen molar-refractivity contribution >= 4 is 46.6 Å². The summed E-state index contributed by atoms with van der Waals surface area (Å²) in [5.74, 6) is -7.03. The Bertz CT molecular complexity index is 1770. The van der Waals surface area contributed by atoms with Gasteiger partial charge >= 0.3 is 30.3 Å². The summed E-state index contributed by atoms with van der Waals surface area (Å²) in [6.45, 7) is 3.36. The first-order chi connectivity index (χ1) is 24.2. The van der Waals surface area contributed by atoms with Gasteiger partial charge in [0, 0.05) is 28.8 Å². The molecule has 14 nitrogen and oxygen atoms in total. The van der Waals surface area contributed by atoms with Gasteiger partial charge in [-0.05, 0) is 75.2 Å². The van der Waals surface area contributed by atoms with E-state index in [1.165, 1.54) is 0 Å². The van der Waals surface area contributed by atoms with Gasteiger partial charge in [0.2, 0.25) is 11.8 Å². The number of aryl methyl sites for hydroxylation is 1. The molecule has 5 rings (SSSR count). The maximum atomic E-state index is 13.0. The van der Waals surface area contributed by atoms with E-state index in [1.54, 1.807) is 24.3 Å². The van der Waals surface area contributed by atoms with Crippen molar-refractivity contribution in [3.05, 3.63) is 71.4 Å². The summed E-state index contributed by atoms with van der Waals surface area (Å²) in [4.78, 5) is 72.9. The first-order valence-electron chi connectivity index (χ1n) is 15.1. The number of ether oxygens (including phenoxy) is 1. The number of aliphatic carboxylic acids is 2. The number of barbiturate groups is 1. The molecule has 2 aliphatic rings. The number of urea groups is 1. The van der Waals surface area contributed by atoms with Gasteiger partial charge in [-0.2, -0.15) is 26.3 Å². The van der Waals surface area contributed by atoms with Gasteiger partial charge in [-0.1, -0.05) is 18.2 Å². The smallest absolute Gasteiger partial charge is 0.489 e. The van der Waals surface area contributed by atoms with Gasteiger partial charge in [0.25, 0.3) is 5.91 Å². The molecule has 2 aliphatic heterocycles. The molecule has 0 unspecified atom stereocenters. The number of imide groups is 2. The van der Waals surface area contributed by atoms with E-state index in [0.717, 1.165) is 22.2 Å². The highest BCUT2D eigenvalue weighted by Crippen LogP contribution is 2.36. The number of nitrogens with one attached hydrogen (secondary N) is 4. The molecule has 6 N–H and O–H groups in total. The van der Waals surface area contributed by atoms with E-state index >= 15 is 0 Å². The van der Waals surface area contributed by atoms with Crippen molar-refractivity contribution in [1.29, 1.82) is 0 Å². The summed E-state index contributed by atoms with van der Waals surface area (Å²) in [5, 5.41) is 25.6. The third-order valence-electron chi connectivity index (χ3n) is 7.75. The Labute approximate surface area is 289 Å². The lowest BCUT2D eigenvalue weighted by Crippen LogP contribution is -2.68. The van der Waals surface area contributed by atoms with Gasteiger partial charge in [-0.25, -0.2) is 14.4 Å². The molecular weight excluding hydrogens is 712 g/mol. The molecule has 20 heteroatoms. The number of carboxylic acid groups (broad SMARTS) is 2. The Morgan fingerprint density at radius 2 is 1.40 bits per heavy atom. The molecule has 3 heterocycles. The van der Waals surface area contributed by atoms with Crippen LogP contribution in [0.5, 0.6) is 5.75 Å². The predicted molar refractivity (Wildman–Crippen MR) is 167 cm³/mol. The molecular formula is C32H31F6N5O9. The summed E-state index contributed by atoms with van der Waals surface area (Å²) in [6.07, 6.45) is -9.02. The number of rotatable bonds is 7. The van der Waals surface area contributed by atoms with E-state index in [1.807, 2.05) is 37.3 Å². The maximum absolute atomic E-state index is 13.0. The molecule has 280 valence electrons. The zero-order valence-corrected chi connectivity index (χ0v) is 27.0. The number of carboxylic acids is 2. The number of aromatic nitrogens is 1. The van der Waals surface area contributed by atoms with E-state index in [2.05, 4.69) is 26.3 Å². The first kappa shape index (κ1) is 40.6. The minimum absolute atomic E-state index is 0.214. The molecule has 2 saturated heterocycles. The van der Waals surface area contributed by atoms with E-state index in [9.17, 15) is 45.5 Å². The standard InChI is InChI=1S/C28H29N5O5.2C2HF3O2/c1-17-14-19(22-4-2-3-5-23(22)31-17)15-38-21-8-6-18(7-9-21)24(34)30-16-28(20-10-12-29-13-11-20)25(35)32-27(37)33-26(28)36;2*3-2(4,5)1(6)7/h2-9,14,20,29H,10-13,15-16H2,1H3,(H,30,34)(H2,32,33,35,36,37);2*(H,6,7). The molecule has 0 spiro atoms. The first-order valence-corrected chi connectivity index (χ1v) is 15.1. The molecule has 52 heavy (non-hydrogen) atoms. The van der Waals surface area contributed by atoms with Crippen LogP contribution in [0.15, 0.2) is 54.6 Å². The Balaban J connectivity index is 0.000000441. The second-order valence-corrected chi connectivity index (χ2v) is 11.3. The number of halogens is 6. The summed E-state index contributed by atoms with van der Waals surface area (Å²) in [5.41, 5.74) is 1.63. The molecule has 1 aromatic heterocycles. The maximum Gasteiger partial charge on any atom is 0.490 e. The number of amides is 5. The minimum atomic E-state index is -5.08. The third-order valence-corrected chi connectivity index (χ3v) is 7.75. The lowest BCUT2D eigenvalue weighted by molar-refractivity contribution is -0.193. The van der Waals surface area contributed by atoms with Gasteiger partial charge in [0.15, 0.2) is 0 Å². The highest BCUT2D eigenvalue weighted by Gasteiger charge is 2.55. The Morgan fingerprint density at radius 1 is 0.885 bits per heavy atom. The number of carbonyl (C=O) groups excluding carboxylic acids is 4. The van der Waals surface area contributed by atoms with E-state index in [4.69, 9.17) is 24.5 Å². The van der Waals surface area contributed by atoms with Crippen molar-refractivity contribution in [3.8, 4) is 5.75 Å². The topological polar surface area (TPSA) is 213 Å². The number of pyridine rings is 1. The number of hydrogen-bond donors (Lipinski definition) is 6. The van der Waals surface area contributed by atoms with E-state index < -0.39 is 53.5 Å². The molecule has 0 radical (unpaired) electrons. The highest BCUT2D eigenvalue weighted by molar-refractivity contribution is 6.19. The van der Waals surface area contributed by atoms with Gasteiger partial charge in [0.1, 0.15) is 17.8 Å². The van der Waals surface area contributed by atoms with E-state index in [0.29, 0.717) is 43.9 Å². The van der Waals surface area contributed by atoms with Crippen molar-refractivity contribution < 1.29 is 70.1 Å². The van der Waals surface area contributed by atoms with Crippen LogP contribution < -0.4 is 26.0 Å². The van der Waals surface area contributed by atoms with Crippen LogP contribution in [-0.4, -0.2) is 82.9 Å². The van der Waals surface area contributed by atoms with Gasteiger partial charge in [0.05, 0.1) is 5.52 Å². The molecule has 2 aromatic carbocycles. The number of alkyl halides is 6. The number of para-hydroxylation sites is 1. The average Bonchev–Trinajstić information content (AvgIpc) is 3.07. The highest BCUT2D eigenvalue weighted by atomic mass is 19.4. The van der Waals surface area contributed by atoms with Gasteiger partial charge in [-0.3, -0.25) is 30.0 Å². The third kappa shape index (κ3) is 10.6. The number of nitrogens with zero attached hydrogens (tertiary/aromatic N) is 1. The molecule has 0 aliphatic carbocycles. The molecule has 0 saturated carbocycles. The normalized spacial score (nSPS) is 15.9. The number of fused-ring (bicyclic) bond motifs is 1. The molecule has 5 amide bonds. The van der Waals surface area contributed by atoms with Crippen LogP contribution in [0.2, 0.25) is 0 Å². The van der Waals surface area contributed by atoms with Crippen LogP contribution in [0.4, 0.5) is 31.1 Å². The number of carbonyl (C=O) groups is 6. The van der Waals surface area contributed by atoms with Crippen LogP contribution in [-0.2, 0) is 25.8 Å². The van der Waals surface area contributed by atoms with Crippen molar-refractivity contribution in [2.24, 2.45) is 11.3 Å². The summed E-state index contributed by atoms with van der Waals surface area (Å²) in [7, 11) is 0. The summed E-state index contributed by atoms with van der Waals surface area (Å²) < 4.78 is 69.4. The fourth-order valence-electron chi connectivity index (χ4n) is 5.25. The van der Waals surface area contributed by atoms with Gasteiger partial charge in [-0.15, -0.1) is 0 Å². The SMILES string of the molecule is Cc1cc(COc2ccc(C(=O)NCC3(C4CCNCC4)C(=O)NC(=O)NC3=O)cc2)c2ccccc2n1.O=C(O)C(F)(F)F.O=C(O)C(F)(F)F. The zero-order valence-electron chi connectivity index (χ0n) is 27.0. The molecule has 0 bridgehead atoms. The lowest BCUT2D eigenvalue weighted by Gasteiger charge is -2.41. The number of benzene rings is 2. The van der Waals surface area contributed by atoms with Crippen LogP contribution in [0, 0.1) is 18.3 Å². The van der Waals surface area contributed by atoms with Crippen LogP contribution in [0.3, 0.4) is 0 Å². The Kier molecular flexibility index (Phi) is 13.2. The van der Waals surface area contributed by atoms with Crippen molar-refractivity contribution in [1.82, 2.24) is 26.3 Å². The molecule has 2 fully saturated rings. The van der Waals surface area contributed by atoms with Crippen molar-refractivity contribution in [2.45, 2.75) is 38.7 Å². The monoisotopic (exact) mass is 743 g/mol.